The molecule has 0 aliphatic rings. The summed E-state index contributed by atoms with van der Waals surface area (Å²) >= 11 is 1.51. The Kier molecular flexibility index (Phi) is 3.58. The van der Waals surface area contributed by atoms with E-state index in [2.05, 4.69) is 4.98 Å². The predicted molar refractivity (Wildman–Crippen MR) is 66.6 cm³/mol. The van der Waals surface area contributed by atoms with Crippen molar-refractivity contribution in [2.45, 2.75) is 12.7 Å². The van der Waals surface area contributed by atoms with Gasteiger partial charge in [-0.2, -0.15) is 0 Å². The standard InChI is InChI=1S/C10H12N2O3S2/c1-7(9(13)14)5-17(15)6-8-4-12-2-3-16-10(12)11-8/h2-4,7H,5-6H2,1H3,(H,13,14). The Labute approximate surface area is 105 Å². The minimum Gasteiger partial charge on any atom is -0.481 e. The lowest BCUT2D eigenvalue weighted by molar-refractivity contribution is -0.140. The second-order valence-electron chi connectivity index (χ2n) is 3.82. The zero-order valence-electron chi connectivity index (χ0n) is 9.20. The van der Waals surface area contributed by atoms with E-state index < -0.39 is 22.7 Å². The zero-order valence-corrected chi connectivity index (χ0v) is 10.8. The number of aromatic nitrogens is 2. The van der Waals surface area contributed by atoms with Crippen molar-refractivity contribution in [2.24, 2.45) is 5.92 Å². The first-order chi connectivity index (χ1) is 8.06. The summed E-state index contributed by atoms with van der Waals surface area (Å²) < 4.78 is 13.6. The van der Waals surface area contributed by atoms with Gasteiger partial charge < -0.3 is 5.11 Å². The van der Waals surface area contributed by atoms with Crippen molar-refractivity contribution in [3.05, 3.63) is 23.5 Å². The van der Waals surface area contributed by atoms with E-state index in [1.807, 2.05) is 22.2 Å². The van der Waals surface area contributed by atoms with E-state index in [-0.39, 0.29) is 5.75 Å². The minimum absolute atomic E-state index is 0.167. The molecule has 0 fully saturated rings. The summed E-state index contributed by atoms with van der Waals surface area (Å²) in [4.78, 5) is 15.8. The molecule has 0 amide bonds. The molecule has 92 valence electrons. The molecular formula is C10H12N2O3S2. The van der Waals surface area contributed by atoms with Crippen molar-refractivity contribution in [1.82, 2.24) is 9.38 Å². The number of fused-ring (bicyclic) bond motifs is 1. The average molecular weight is 272 g/mol. The molecule has 0 aromatic carbocycles. The molecule has 0 bridgehead atoms. The van der Waals surface area contributed by atoms with Gasteiger partial charge in [-0.15, -0.1) is 11.3 Å². The van der Waals surface area contributed by atoms with Crippen LogP contribution in [0.2, 0.25) is 0 Å². The van der Waals surface area contributed by atoms with Gasteiger partial charge in [-0.25, -0.2) is 4.98 Å². The third kappa shape index (κ3) is 2.92. The van der Waals surface area contributed by atoms with E-state index in [1.165, 1.54) is 11.3 Å². The molecule has 2 rings (SSSR count). The zero-order chi connectivity index (χ0) is 12.4. The lowest BCUT2D eigenvalue weighted by atomic mass is 10.2. The minimum atomic E-state index is -1.18. The van der Waals surface area contributed by atoms with Gasteiger partial charge in [-0.05, 0) is 0 Å². The smallest absolute Gasteiger partial charge is 0.307 e. The molecule has 5 nitrogen and oxygen atoms in total. The number of hydrogen-bond acceptors (Lipinski definition) is 4. The molecule has 0 aliphatic carbocycles. The van der Waals surface area contributed by atoms with Gasteiger partial charge >= 0.3 is 5.97 Å². The first kappa shape index (κ1) is 12.3. The van der Waals surface area contributed by atoms with Crippen LogP contribution in [0.15, 0.2) is 17.8 Å². The highest BCUT2D eigenvalue weighted by Gasteiger charge is 2.16. The van der Waals surface area contributed by atoms with Crippen LogP contribution < -0.4 is 0 Å². The summed E-state index contributed by atoms with van der Waals surface area (Å²) in [5, 5.41) is 10.7. The van der Waals surface area contributed by atoms with Crippen molar-refractivity contribution in [2.75, 3.05) is 5.75 Å². The topological polar surface area (TPSA) is 71.7 Å². The molecule has 0 spiro atoms. The van der Waals surface area contributed by atoms with Crippen molar-refractivity contribution in [1.29, 1.82) is 0 Å². The van der Waals surface area contributed by atoms with Crippen LogP contribution in [0.25, 0.3) is 4.96 Å². The van der Waals surface area contributed by atoms with Gasteiger partial charge in [0.1, 0.15) is 0 Å². The molecule has 2 unspecified atom stereocenters. The maximum absolute atomic E-state index is 11.7. The molecule has 0 aliphatic heterocycles. The second-order valence-corrected chi connectivity index (χ2v) is 6.19. The Morgan fingerprint density at radius 2 is 2.47 bits per heavy atom. The molecule has 2 heterocycles. The highest BCUT2D eigenvalue weighted by Crippen LogP contribution is 2.13. The molecule has 1 N–H and O–H groups in total. The maximum Gasteiger partial charge on any atom is 0.307 e. The summed E-state index contributed by atoms with van der Waals surface area (Å²) in [7, 11) is -1.18. The maximum atomic E-state index is 11.7. The number of carboxylic acids is 1. The normalized spacial score (nSPS) is 14.9. The third-order valence-electron chi connectivity index (χ3n) is 2.31. The number of carboxylic acid groups (broad SMARTS) is 1. The second kappa shape index (κ2) is 4.97. The number of thiazole rings is 1. The number of imidazole rings is 1. The lowest BCUT2D eigenvalue weighted by Gasteiger charge is -2.04. The number of aliphatic carboxylic acids is 1. The molecule has 7 heteroatoms. The quantitative estimate of drug-likeness (QED) is 0.892. The van der Waals surface area contributed by atoms with Gasteiger partial charge in [0.05, 0.1) is 17.4 Å². The summed E-state index contributed by atoms with van der Waals surface area (Å²) in [5.74, 6) is -1.02. The lowest BCUT2D eigenvalue weighted by Crippen LogP contribution is -2.18. The highest BCUT2D eigenvalue weighted by molar-refractivity contribution is 7.84. The van der Waals surface area contributed by atoms with Crippen LogP contribution in [0.3, 0.4) is 0 Å². The highest BCUT2D eigenvalue weighted by atomic mass is 32.2. The molecular weight excluding hydrogens is 260 g/mol. The number of hydrogen-bond donors (Lipinski definition) is 1. The van der Waals surface area contributed by atoms with Crippen LogP contribution in [0.4, 0.5) is 0 Å². The molecule has 0 radical (unpaired) electrons. The van der Waals surface area contributed by atoms with Crippen LogP contribution >= 0.6 is 11.3 Å². The van der Waals surface area contributed by atoms with Gasteiger partial charge in [0.25, 0.3) is 0 Å². The Bertz CT molecular complexity index is 532. The molecule has 2 atom stereocenters. The summed E-state index contributed by atoms with van der Waals surface area (Å²) in [6.45, 7) is 1.56. The number of nitrogens with zero attached hydrogens (tertiary/aromatic N) is 2. The van der Waals surface area contributed by atoms with Crippen molar-refractivity contribution < 1.29 is 14.1 Å². The molecule has 2 aromatic heterocycles. The molecule has 0 saturated heterocycles. The predicted octanol–water partition coefficient (Wildman–Crippen LogP) is 1.37. The van der Waals surface area contributed by atoms with E-state index >= 15 is 0 Å². The van der Waals surface area contributed by atoms with E-state index in [1.54, 1.807) is 6.92 Å². The molecule has 0 saturated carbocycles. The van der Waals surface area contributed by atoms with Crippen molar-refractivity contribution in [3.63, 3.8) is 0 Å². The van der Waals surface area contributed by atoms with Crippen LogP contribution in [0.1, 0.15) is 12.6 Å². The van der Waals surface area contributed by atoms with E-state index in [9.17, 15) is 9.00 Å². The third-order valence-corrected chi connectivity index (χ3v) is 4.57. The van der Waals surface area contributed by atoms with Crippen LogP contribution in [0.5, 0.6) is 0 Å². The van der Waals surface area contributed by atoms with E-state index in [0.29, 0.717) is 5.75 Å². The van der Waals surface area contributed by atoms with Gasteiger partial charge in [0.15, 0.2) is 4.96 Å². The first-order valence-corrected chi connectivity index (χ1v) is 7.42. The summed E-state index contributed by atoms with van der Waals surface area (Å²) in [6.07, 6.45) is 3.72. The fraction of sp³-hybridized carbons (Fsp3) is 0.400. The Hall–Kier alpha value is -1.21. The molecule has 2 aromatic rings. The van der Waals surface area contributed by atoms with Crippen LogP contribution in [-0.2, 0) is 21.3 Å². The fourth-order valence-electron chi connectivity index (χ4n) is 1.42. The Balaban J connectivity index is 1.99. The van der Waals surface area contributed by atoms with Gasteiger partial charge in [-0.1, -0.05) is 6.92 Å². The SMILES string of the molecule is CC(CS(=O)Cc1cn2ccsc2n1)C(=O)O. The fourth-order valence-corrected chi connectivity index (χ4v) is 3.43. The van der Waals surface area contributed by atoms with Gasteiger partial charge in [-0.3, -0.25) is 13.4 Å². The van der Waals surface area contributed by atoms with Crippen molar-refractivity contribution >= 4 is 33.1 Å². The van der Waals surface area contributed by atoms with Crippen LogP contribution in [-0.4, -0.2) is 30.4 Å². The molecule has 17 heavy (non-hydrogen) atoms. The van der Waals surface area contributed by atoms with E-state index in [0.717, 1.165) is 10.7 Å². The first-order valence-electron chi connectivity index (χ1n) is 5.05. The van der Waals surface area contributed by atoms with Gasteiger partial charge in [0, 0.05) is 34.3 Å². The summed E-state index contributed by atoms with van der Waals surface area (Å²) in [5.41, 5.74) is 0.743. The Morgan fingerprint density at radius 1 is 1.71 bits per heavy atom. The summed E-state index contributed by atoms with van der Waals surface area (Å²) in [6, 6.07) is 0. The number of rotatable bonds is 5. The number of carbonyl (C=O) groups is 1. The Morgan fingerprint density at radius 3 is 3.12 bits per heavy atom. The van der Waals surface area contributed by atoms with Crippen molar-refractivity contribution in [3.8, 4) is 0 Å². The van der Waals surface area contributed by atoms with E-state index in [4.69, 9.17) is 5.11 Å². The largest absolute Gasteiger partial charge is 0.481 e. The van der Waals surface area contributed by atoms with Gasteiger partial charge in [0.2, 0.25) is 0 Å². The van der Waals surface area contributed by atoms with Crippen LogP contribution in [0, 0.1) is 5.92 Å². The monoisotopic (exact) mass is 272 g/mol. The average Bonchev–Trinajstić information content (AvgIpc) is 2.76.